The molecule has 1 N–H and O–H groups in total. The molecule has 18 heavy (non-hydrogen) atoms. The Balaban J connectivity index is 2.44. The van der Waals surface area contributed by atoms with Crippen LogP contribution in [0.4, 0.5) is 0 Å². The summed E-state index contributed by atoms with van der Waals surface area (Å²) in [5.74, 6) is 0.807. The van der Waals surface area contributed by atoms with Crippen LogP contribution in [0, 0.1) is 13.8 Å². The molecular weight excluding hydrogens is 242 g/mol. The molecule has 0 amide bonds. The fourth-order valence-corrected chi connectivity index (χ4v) is 4.28. The van der Waals surface area contributed by atoms with E-state index in [1.165, 1.54) is 16.7 Å². The van der Waals surface area contributed by atoms with E-state index in [1.54, 1.807) is 0 Å². The van der Waals surface area contributed by atoms with Crippen LogP contribution in [0.5, 0.6) is 0 Å². The van der Waals surface area contributed by atoms with Gasteiger partial charge >= 0.3 is 0 Å². The van der Waals surface area contributed by atoms with Crippen molar-refractivity contribution in [3.63, 3.8) is 0 Å². The summed E-state index contributed by atoms with van der Waals surface area (Å²) in [5.41, 5.74) is 3.73. The van der Waals surface area contributed by atoms with Crippen LogP contribution in [0.15, 0.2) is 17.0 Å². The number of hydrogen-bond donors (Lipinski definition) is 1. The van der Waals surface area contributed by atoms with Crippen molar-refractivity contribution in [2.24, 2.45) is 0 Å². The predicted octanol–water partition coefficient (Wildman–Crippen LogP) is 3.25. The molecule has 2 nitrogen and oxygen atoms in total. The van der Waals surface area contributed by atoms with Crippen LogP contribution >= 0.6 is 0 Å². The minimum absolute atomic E-state index is 0.380. The van der Waals surface area contributed by atoms with Gasteiger partial charge < -0.3 is 5.32 Å². The largest absolute Gasteiger partial charge is 0.310 e. The first-order valence-corrected chi connectivity index (χ1v) is 8.18. The summed E-state index contributed by atoms with van der Waals surface area (Å²) in [7, 11) is -0.819. The highest BCUT2D eigenvalue weighted by molar-refractivity contribution is 7.85. The molecule has 0 aliphatic carbocycles. The molecule has 2 rings (SSSR count). The summed E-state index contributed by atoms with van der Waals surface area (Å²) in [5, 5.41) is 3.61. The highest BCUT2D eigenvalue weighted by Gasteiger charge is 2.23. The van der Waals surface area contributed by atoms with Gasteiger partial charge in [0.2, 0.25) is 0 Å². The molecule has 0 spiro atoms. The summed E-state index contributed by atoms with van der Waals surface area (Å²) in [6.45, 7) is 7.43. The number of aryl methyl sites for hydroxylation is 2. The molecule has 0 saturated heterocycles. The minimum atomic E-state index is -0.819. The van der Waals surface area contributed by atoms with Gasteiger partial charge in [-0.2, -0.15) is 0 Å². The third-order valence-corrected chi connectivity index (χ3v) is 5.19. The number of nitrogens with one attached hydrogen (secondary N) is 1. The molecule has 3 heteroatoms. The third-order valence-electron chi connectivity index (χ3n) is 3.51. The van der Waals surface area contributed by atoms with Gasteiger partial charge in [-0.3, -0.25) is 4.21 Å². The average molecular weight is 265 g/mol. The zero-order valence-corrected chi connectivity index (χ0v) is 12.4. The second-order valence-electron chi connectivity index (χ2n) is 5.20. The number of hydrogen-bond acceptors (Lipinski definition) is 2. The molecule has 1 aliphatic rings. The zero-order chi connectivity index (χ0) is 13.1. The van der Waals surface area contributed by atoms with Crippen molar-refractivity contribution in [3.05, 3.63) is 28.8 Å². The molecule has 0 aromatic heterocycles. The lowest BCUT2D eigenvalue weighted by Crippen LogP contribution is -2.22. The highest BCUT2D eigenvalue weighted by Crippen LogP contribution is 2.32. The first kappa shape index (κ1) is 13.8. The van der Waals surface area contributed by atoms with Crippen LogP contribution in [0.3, 0.4) is 0 Å². The Morgan fingerprint density at radius 3 is 2.89 bits per heavy atom. The molecule has 2 atom stereocenters. The van der Waals surface area contributed by atoms with Crippen molar-refractivity contribution in [2.45, 2.75) is 51.0 Å². The molecule has 1 aromatic rings. The molecule has 0 radical (unpaired) electrons. The van der Waals surface area contributed by atoms with E-state index in [4.69, 9.17) is 0 Å². The Hall–Kier alpha value is -0.670. The first-order chi connectivity index (χ1) is 8.63. The lowest BCUT2D eigenvalue weighted by Gasteiger charge is -2.20. The molecule has 1 aromatic carbocycles. The number of benzene rings is 1. The SMILES string of the molecule is CCCNC1CCCS(=O)c2c(C)cc(C)cc21. The summed E-state index contributed by atoms with van der Waals surface area (Å²) in [4.78, 5) is 1.09. The van der Waals surface area contributed by atoms with E-state index < -0.39 is 10.8 Å². The van der Waals surface area contributed by atoms with E-state index in [2.05, 4.69) is 38.2 Å². The summed E-state index contributed by atoms with van der Waals surface area (Å²) in [6, 6.07) is 4.75. The Kier molecular flexibility index (Phi) is 4.57. The maximum atomic E-state index is 12.3. The third kappa shape index (κ3) is 2.83. The van der Waals surface area contributed by atoms with Crippen molar-refractivity contribution >= 4 is 10.8 Å². The number of rotatable bonds is 3. The second-order valence-corrected chi connectivity index (χ2v) is 6.71. The molecule has 1 heterocycles. The van der Waals surface area contributed by atoms with Crippen molar-refractivity contribution in [1.29, 1.82) is 0 Å². The fraction of sp³-hybridized carbons (Fsp3) is 0.600. The van der Waals surface area contributed by atoms with E-state index in [9.17, 15) is 4.21 Å². The second kappa shape index (κ2) is 5.98. The lowest BCUT2D eigenvalue weighted by molar-refractivity contribution is 0.492. The molecular formula is C15H23NOS. The quantitative estimate of drug-likeness (QED) is 0.909. The Labute approximate surface area is 113 Å². The number of fused-ring (bicyclic) bond motifs is 1. The Morgan fingerprint density at radius 1 is 1.39 bits per heavy atom. The van der Waals surface area contributed by atoms with Crippen molar-refractivity contribution in [1.82, 2.24) is 5.32 Å². The van der Waals surface area contributed by atoms with Gasteiger partial charge in [0.15, 0.2) is 0 Å². The van der Waals surface area contributed by atoms with Gasteiger partial charge in [0.25, 0.3) is 0 Å². The highest BCUT2D eigenvalue weighted by atomic mass is 32.2. The van der Waals surface area contributed by atoms with E-state index in [-0.39, 0.29) is 0 Å². The molecule has 1 aliphatic heterocycles. The van der Waals surface area contributed by atoms with Crippen molar-refractivity contribution in [3.8, 4) is 0 Å². The van der Waals surface area contributed by atoms with Gasteiger partial charge in [-0.25, -0.2) is 0 Å². The van der Waals surface area contributed by atoms with Gasteiger partial charge in [-0.15, -0.1) is 0 Å². The van der Waals surface area contributed by atoms with Crippen LogP contribution in [0.25, 0.3) is 0 Å². The zero-order valence-electron chi connectivity index (χ0n) is 11.6. The van der Waals surface area contributed by atoms with Crippen LogP contribution in [0.2, 0.25) is 0 Å². The van der Waals surface area contributed by atoms with Gasteiger partial charge in [-0.1, -0.05) is 24.6 Å². The van der Waals surface area contributed by atoms with Crippen molar-refractivity contribution < 1.29 is 4.21 Å². The first-order valence-electron chi connectivity index (χ1n) is 6.86. The van der Waals surface area contributed by atoms with Crippen LogP contribution < -0.4 is 5.32 Å². The Morgan fingerprint density at radius 2 is 2.17 bits per heavy atom. The van der Waals surface area contributed by atoms with Crippen LogP contribution in [0.1, 0.15) is 48.9 Å². The fourth-order valence-electron chi connectivity index (χ4n) is 2.76. The molecule has 2 unspecified atom stereocenters. The lowest BCUT2D eigenvalue weighted by atomic mass is 9.98. The van der Waals surface area contributed by atoms with Gasteiger partial charge in [0.1, 0.15) is 0 Å². The normalized spacial score (nSPS) is 23.5. The van der Waals surface area contributed by atoms with Crippen molar-refractivity contribution in [2.75, 3.05) is 12.3 Å². The standard InChI is InChI=1S/C15H23NOS/c1-4-7-16-14-6-5-8-18(17)15-12(3)9-11(2)10-13(14)15/h9-10,14,16H,4-8H2,1-3H3. The van der Waals surface area contributed by atoms with Crippen LogP contribution in [-0.2, 0) is 10.8 Å². The smallest absolute Gasteiger partial charge is 0.0535 e. The van der Waals surface area contributed by atoms with Gasteiger partial charge in [0.05, 0.1) is 10.8 Å². The summed E-state index contributed by atoms with van der Waals surface area (Å²) < 4.78 is 12.3. The van der Waals surface area contributed by atoms with Gasteiger partial charge in [-0.05, 0) is 50.8 Å². The Bertz CT molecular complexity index is 456. The monoisotopic (exact) mass is 265 g/mol. The summed E-state index contributed by atoms with van der Waals surface area (Å²) >= 11 is 0. The minimum Gasteiger partial charge on any atom is -0.310 e. The average Bonchev–Trinajstić information content (AvgIpc) is 2.46. The molecule has 100 valence electrons. The van der Waals surface area contributed by atoms with Crippen LogP contribution in [-0.4, -0.2) is 16.5 Å². The predicted molar refractivity (Wildman–Crippen MR) is 77.5 cm³/mol. The van der Waals surface area contributed by atoms with E-state index in [1.807, 2.05) is 0 Å². The molecule has 0 bridgehead atoms. The maximum absolute atomic E-state index is 12.3. The van der Waals surface area contributed by atoms with Gasteiger partial charge in [0, 0.05) is 16.7 Å². The molecule has 0 fully saturated rings. The topological polar surface area (TPSA) is 29.1 Å². The summed E-state index contributed by atoms with van der Waals surface area (Å²) in [6.07, 6.45) is 3.28. The maximum Gasteiger partial charge on any atom is 0.0535 e. The van der Waals surface area contributed by atoms with E-state index >= 15 is 0 Å². The molecule has 0 saturated carbocycles. The van der Waals surface area contributed by atoms with E-state index in [0.29, 0.717) is 6.04 Å². The van der Waals surface area contributed by atoms with E-state index in [0.717, 1.165) is 36.5 Å².